The zero-order valence-corrected chi connectivity index (χ0v) is 16.4. The molecular formula is C20H26N6O2. The fraction of sp³-hybridized carbons (Fsp3) is 0.500. The van der Waals surface area contributed by atoms with Crippen molar-refractivity contribution in [3.63, 3.8) is 0 Å². The predicted molar refractivity (Wildman–Crippen MR) is 106 cm³/mol. The Labute approximate surface area is 163 Å². The van der Waals surface area contributed by atoms with Crippen LogP contribution in [0.2, 0.25) is 0 Å². The highest BCUT2D eigenvalue weighted by atomic mass is 16.4. The number of oxazole rings is 1. The van der Waals surface area contributed by atoms with Crippen LogP contribution in [-0.4, -0.2) is 45.3 Å². The molecule has 3 aromatic rings. The third-order valence-corrected chi connectivity index (χ3v) is 5.22. The Balaban J connectivity index is 1.23. The van der Waals surface area contributed by atoms with E-state index >= 15 is 0 Å². The molecule has 0 bridgehead atoms. The van der Waals surface area contributed by atoms with Crippen LogP contribution < -0.4 is 10.2 Å². The van der Waals surface area contributed by atoms with E-state index in [0.717, 1.165) is 44.5 Å². The molecule has 0 radical (unpaired) electrons. The number of aromatic nitrogens is 4. The lowest BCUT2D eigenvalue weighted by Gasteiger charge is -2.30. The van der Waals surface area contributed by atoms with Gasteiger partial charge in [-0.2, -0.15) is 10.1 Å². The van der Waals surface area contributed by atoms with E-state index in [4.69, 9.17) is 4.42 Å². The number of nitrogens with one attached hydrogen (secondary N) is 1. The summed E-state index contributed by atoms with van der Waals surface area (Å²) in [5.41, 5.74) is 3.47. The summed E-state index contributed by atoms with van der Waals surface area (Å²) in [7, 11) is 1.91. The molecule has 0 aromatic carbocycles. The summed E-state index contributed by atoms with van der Waals surface area (Å²) in [5.74, 6) is 0.208. The van der Waals surface area contributed by atoms with Crippen LogP contribution in [0.25, 0.3) is 11.2 Å². The van der Waals surface area contributed by atoms with E-state index < -0.39 is 0 Å². The summed E-state index contributed by atoms with van der Waals surface area (Å²) in [5, 5.41) is 7.24. The van der Waals surface area contributed by atoms with Crippen molar-refractivity contribution in [1.82, 2.24) is 25.1 Å². The van der Waals surface area contributed by atoms with E-state index in [0.29, 0.717) is 23.8 Å². The molecule has 0 unspecified atom stereocenters. The van der Waals surface area contributed by atoms with Gasteiger partial charge in [0.2, 0.25) is 11.6 Å². The molecule has 0 aliphatic carbocycles. The van der Waals surface area contributed by atoms with E-state index in [1.54, 1.807) is 4.68 Å². The highest BCUT2D eigenvalue weighted by Crippen LogP contribution is 2.26. The van der Waals surface area contributed by atoms with Gasteiger partial charge in [-0.15, -0.1) is 0 Å². The van der Waals surface area contributed by atoms with E-state index in [-0.39, 0.29) is 11.8 Å². The Morgan fingerprint density at radius 1 is 1.29 bits per heavy atom. The van der Waals surface area contributed by atoms with Crippen molar-refractivity contribution in [3.05, 3.63) is 35.8 Å². The van der Waals surface area contributed by atoms with Gasteiger partial charge in [-0.1, -0.05) is 0 Å². The Morgan fingerprint density at radius 3 is 2.86 bits per heavy atom. The van der Waals surface area contributed by atoms with Crippen LogP contribution in [0.5, 0.6) is 0 Å². The van der Waals surface area contributed by atoms with E-state index in [2.05, 4.69) is 25.3 Å². The Morgan fingerprint density at radius 2 is 2.11 bits per heavy atom. The zero-order chi connectivity index (χ0) is 19.5. The number of nitrogens with zero attached hydrogens (tertiary/aromatic N) is 5. The SMILES string of the molecule is Cc1ccc2oc(N3CCC(C(=O)NCCCc4cnn(C)c4)CC3)nc2n1. The van der Waals surface area contributed by atoms with Crippen molar-refractivity contribution in [1.29, 1.82) is 0 Å². The quantitative estimate of drug-likeness (QED) is 0.658. The summed E-state index contributed by atoms with van der Waals surface area (Å²) in [6.45, 7) is 4.16. The molecule has 8 heteroatoms. The second kappa shape index (κ2) is 8.00. The van der Waals surface area contributed by atoms with Crippen LogP contribution in [0.4, 0.5) is 6.01 Å². The van der Waals surface area contributed by atoms with Crippen molar-refractivity contribution in [3.8, 4) is 0 Å². The smallest absolute Gasteiger partial charge is 0.299 e. The molecule has 1 saturated heterocycles. The Kier molecular flexibility index (Phi) is 5.27. The number of amides is 1. The Hall–Kier alpha value is -2.90. The van der Waals surface area contributed by atoms with Gasteiger partial charge in [0.1, 0.15) is 0 Å². The third kappa shape index (κ3) is 4.16. The van der Waals surface area contributed by atoms with Crippen molar-refractivity contribution in [2.24, 2.45) is 13.0 Å². The lowest BCUT2D eigenvalue weighted by atomic mass is 9.96. The van der Waals surface area contributed by atoms with Crippen LogP contribution >= 0.6 is 0 Å². The van der Waals surface area contributed by atoms with Gasteiger partial charge in [0, 0.05) is 44.5 Å². The molecule has 4 rings (SSSR count). The maximum Gasteiger partial charge on any atom is 0.299 e. The van der Waals surface area contributed by atoms with Crippen molar-refractivity contribution in [2.75, 3.05) is 24.5 Å². The molecule has 1 fully saturated rings. The van der Waals surface area contributed by atoms with Gasteiger partial charge in [-0.3, -0.25) is 9.48 Å². The van der Waals surface area contributed by atoms with Crippen molar-refractivity contribution < 1.29 is 9.21 Å². The number of pyridine rings is 1. The summed E-state index contributed by atoms with van der Waals surface area (Å²) in [6.07, 6.45) is 7.35. The average molecular weight is 382 g/mol. The maximum atomic E-state index is 12.4. The first-order valence-corrected chi connectivity index (χ1v) is 9.83. The number of piperidine rings is 1. The third-order valence-electron chi connectivity index (χ3n) is 5.22. The highest BCUT2D eigenvalue weighted by Gasteiger charge is 2.27. The normalized spacial score (nSPS) is 15.3. The minimum atomic E-state index is 0.0550. The van der Waals surface area contributed by atoms with Gasteiger partial charge in [0.05, 0.1) is 6.20 Å². The Bertz CT molecular complexity index is 955. The number of fused-ring (bicyclic) bond motifs is 1. The first kappa shape index (κ1) is 18.5. The van der Waals surface area contributed by atoms with Gasteiger partial charge >= 0.3 is 0 Å². The molecule has 0 saturated carbocycles. The fourth-order valence-corrected chi connectivity index (χ4v) is 3.62. The molecule has 0 spiro atoms. The molecule has 4 heterocycles. The van der Waals surface area contributed by atoms with Crippen LogP contribution in [0.15, 0.2) is 28.9 Å². The summed E-state index contributed by atoms with van der Waals surface area (Å²) in [6, 6.07) is 4.42. The van der Waals surface area contributed by atoms with Crippen LogP contribution in [0, 0.1) is 12.8 Å². The van der Waals surface area contributed by atoms with Gasteiger partial charge in [-0.05, 0) is 50.3 Å². The first-order valence-electron chi connectivity index (χ1n) is 9.83. The number of hydrogen-bond acceptors (Lipinski definition) is 6. The summed E-state index contributed by atoms with van der Waals surface area (Å²) >= 11 is 0. The topological polar surface area (TPSA) is 89.1 Å². The molecule has 0 atom stereocenters. The van der Waals surface area contributed by atoms with Crippen LogP contribution in [0.3, 0.4) is 0 Å². The second-order valence-electron chi connectivity index (χ2n) is 7.45. The number of aryl methyl sites for hydroxylation is 3. The predicted octanol–water partition coefficient (Wildman–Crippen LogP) is 2.23. The highest BCUT2D eigenvalue weighted by molar-refractivity contribution is 5.79. The molecule has 1 aliphatic rings. The fourth-order valence-electron chi connectivity index (χ4n) is 3.62. The van der Waals surface area contributed by atoms with Crippen LogP contribution in [0.1, 0.15) is 30.5 Å². The number of rotatable bonds is 6. The van der Waals surface area contributed by atoms with Crippen molar-refractivity contribution >= 4 is 23.2 Å². The summed E-state index contributed by atoms with van der Waals surface area (Å²) in [4.78, 5) is 23.4. The molecule has 148 valence electrons. The average Bonchev–Trinajstić information content (AvgIpc) is 3.30. The standard InChI is InChI=1S/C20H26N6O2/c1-14-5-6-17-18(23-14)24-20(28-17)26-10-7-16(8-11-26)19(27)21-9-3-4-15-12-22-25(2)13-15/h5-6,12-13,16H,3-4,7-11H2,1-2H3,(H,21,27). The van der Waals surface area contributed by atoms with Gasteiger partial charge in [-0.25, -0.2) is 4.98 Å². The molecule has 1 N–H and O–H groups in total. The number of carbonyl (C=O) groups is 1. The molecular weight excluding hydrogens is 356 g/mol. The lowest BCUT2D eigenvalue weighted by molar-refractivity contribution is -0.125. The minimum Gasteiger partial charge on any atom is -0.422 e. The largest absolute Gasteiger partial charge is 0.422 e. The molecule has 1 amide bonds. The maximum absolute atomic E-state index is 12.4. The van der Waals surface area contributed by atoms with Crippen LogP contribution in [-0.2, 0) is 18.3 Å². The number of hydrogen-bond donors (Lipinski definition) is 1. The van der Waals surface area contributed by atoms with Gasteiger partial charge in [0.15, 0.2) is 5.58 Å². The second-order valence-corrected chi connectivity index (χ2v) is 7.45. The molecule has 1 aliphatic heterocycles. The van der Waals surface area contributed by atoms with Gasteiger partial charge < -0.3 is 14.6 Å². The number of anilines is 1. The van der Waals surface area contributed by atoms with E-state index in [1.165, 1.54) is 5.56 Å². The first-order chi connectivity index (χ1) is 13.6. The van der Waals surface area contributed by atoms with Gasteiger partial charge in [0.25, 0.3) is 6.01 Å². The lowest BCUT2D eigenvalue weighted by Crippen LogP contribution is -2.41. The zero-order valence-electron chi connectivity index (χ0n) is 16.4. The summed E-state index contributed by atoms with van der Waals surface area (Å²) < 4.78 is 7.63. The van der Waals surface area contributed by atoms with Crippen molar-refractivity contribution in [2.45, 2.75) is 32.6 Å². The van der Waals surface area contributed by atoms with E-state index in [9.17, 15) is 4.79 Å². The molecule has 28 heavy (non-hydrogen) atoms. The number of carbonyl (C=O) groups excluding carboxylic acids is 1. The molecule has 3 aromatic heterocycles. The molecule has 8 nitrogen and oxygen atoms in total. The minimum absolute atomic E-state index is 0.0550. The van der Waals surface area contributed by atoms with E-state index in [1.807, 2.05) is 38.5 Å². The monoisotopic (exact) mass is 382 g/mol.